The molecule has 0 bridgehead atoms. The first-order chi connectivity index (χ1) is 9.28. The summed E-state index contributed by atoms with van der Waals surface area (Å²) in [7, 11) is 0. The largest absolute Gasteiger partial charge is 0.310 e. The van der Waals surface area contributed by atoms with Crippen LogP contribution in [-0.4, -0.2) is 6.54 Å². The monoisotopic (exact) mass is 273 g/mol. The third-order valence-electron chi connectivity index (χ3n) is 4.38. The summed E-state index contributed by atoms with van der Waals surface area (Å²) in [5.41, 5.74) is 3.54. The summed E-state index contributed by atoms with van der Waals surface area (Å²) in [6.45, 7) is 12.9. The summed E-state index contributed by atoms with van der Waals surface area (Å²) in [4.78, 5) is 0. The molecule has 1 fully saturated rings. The van der Waals surface area contributed by atoms with E-state index in [1.165, 1.54) is 43.4 Å². The van der Waals surface area contributed by atoms with Gasteiger partial charge >= 0.3 is 0 Å². The van der Waals surface area contributed by atoms with Crippen LogP contribution in [0.3, 0.4) is 0 Å². The van der Waals surface area contributed by atoms with E-state index in [0.717, 1.165) is 0 Å². The van der Waals surface area contributed by atoms with Crippen LogP contribution in [-0.2, 0) is 5.41 Å². The molecule has 0 amide bonds. The van der Waals surface area contributed by atoms with Crippen molar-refractivity contribution in [3.05, 3.63) is 35.4 Å². The lowest BCUT2D eigenvalue weighted by Gasteiger charge is -2.33. The topological polar surface area (TPSA) is 12.0 Å². The molecule has 0 radical (unpaired) electrons. The molecule has 1 N–H and O–H groups in total. The number of hydrogen-bond donors (Lipinski definition) is 1. The van der Waals surface area contributed by atoms with Crippen LogP contribution >= 0.6 is 0 Å². The van der Waals surface area contributed by atoms with Gasteiger partial charge in [0, 0.05) is 6.04 Å². The minimum Gasteiger partial charge on any atom is -0.310 e. The quantitative estimate of drug-likeness (QED) is 0.796. The molecule has 0 spiro atoms. The van der Waals surface area contributed by atoms with Crippen molar-refractivity contribution in [1.82, 2.24) is 5.32 Å². The van der Waals surface area contributed by atoms with Gasteiger partial charge in [-0.25, -0.2) is 0 Å². The van der Waals surface area contributed by atoms with Crippen LogP contribution in [0, 0.1) is 5.41 Å². The van der Waals surface area contributed by atoms with E-state index in [9.17, 15) is 0 Å². The molecule has 2 rings (SSSR count). The number of rotatable bonds is 3. The zero-order chi connectivity index (χ0) is 14.8. The predicted octanol–water partition coefficient (Wildman–Crippen LogP) is 5.22. The van der Waals surface area contributed by atoms with Gasteiger partial charge < -0.3 is 5.32 Å². The summed E-state index contributed by atoms with van der Waals surface area (Å²) in [6.07, 6.45) is 5.17. The highest BCUT2D eigenvalue weighted by atomic mass is 14.9. The lowest BCUT2D eigenvalue weighted by atomic mass is 9.72. The van der Waals surface area contributed by atoms with Crippen molar-refractivity contribution in [2.75, 3.05) is 6.54 Å². The molecule has 1 aliphatic rings. The Kier molecular flexibility index (Phi) is 4.59. The van der Waals surface area contributed by atoms with Gasteiger partial charge in [0.1, 0.15) is 0 Å². The summed E-state index contributed by atoms with van der Waals surface area (Å²) in [5, 5.41) is 3.63. The molecule has 0 saturated carbocycles. The van der Waals surface area contributed by atoms with E-state index in [2.05, 4.69) is 64.2 Å². The van der Waals surface area contributed by atoms with Gasteiger partial charge in [-0.2, -0.15) is 0 Å². The smallest absolute Gasteiger partial charge is 0.0320 e. The SMILES string of the molecule is CC(C)(C)CC(C)(C)c1ccc(C2CCCCN2)cc1. The van der Waals surface area contributed by atoms with Crippen molar-refractivity contribution in [3.8, 4) is 0 Å². The Hall–Kier alpha value is -0.820. The first-order valence-corrected chi connectivity index (χ1v) is 8.12. The molecule has 1 heteroatoms. The molecule has 0 aromatic heterocycles. The number of nitrogens with one attached hydrogen (secondary N) is 1. The fourth-order valence-corrected chi connectivity index (χ4v) is 3.73. The second kappa shape index (κ2) is 5.89. The van der Waals surface area contributed by atoms with E-state index in [0.29, 0.717) is 11.5 Å². The summed E-state index contributed by atoms with van der Waals surface area (Å²) in [5.74, 6) is 0. The highest BCUT2D eigenvalue weighted by molar-refractivity contribution is 5.30. The lowest BCUT2D eigenvalue weighted by Crippen LogP contribution is -2.27. The number of hydrogen-bond acceptors (Lipinski definition) is 1. The van der Waals surface area contributed by atoms with Gasteiger partial charge in [0.25, 0.3) is 0 Å². The van der Waals surface area contributed by atoms with Gasteiger partial charge in [0.2, 0.25) is 0 Å². The third-order valence-corrected chi connectivity index (χ3v) is 4.38. The molecule has 1 unspecified atom stereocenters. The first kappa shape index (κ1) is 15.6. The standard InChI is InChI=1S/C19H31N/c1-18(2,3)14-19(4,5)16-11-9-15(10-12-16)17-8-6-7-13-20-17/h9-12,17,20H,6-8,13-14H2,1-5H3. The van der Waals surface area contributed by atoms with Gasteiger partial charge in [-0.3, -0.25) is 0 Å². The van der Waals surface area contributed by atoms with Crippen LogP contribution in [0.15, 0.2) is 24.3 Å². The molecule has 1 nitrogen and oxygen atoms in total. The molecule has 20 heavy (non-hydrogen) atoms. The Morgan fingerprint density at radius 3 is 2.15 bits per heavy atom. The Labute approximate surface area is 125 Å². The minimum absolute atomic E-state index is 0.247. The van der Waals surface area contributed by atoms with E-state index < -0.39 is 0 Å². The molecule has 1 aromatic rings. The van der Waals surface area contributed by atoms with Crippen LogP contribution in [0.1, 0.15) is 77.5 Å². The maximum Gasteiger partial charge on any atom is 0.0320 e. The van der Waals surface area contributed by atoms with Crippen LogP contribution in [0.5, 0.6) is 0 Å². The Balaban J connectivity index is 2.10. The molecule has 1 aromatic carbocycles. The molecular formula is C19H31N. The molecule has 1 aliphatic heterocycles. The van der Waals surface area contributed by atoms with Gasteiger partial charge in [-0.05, 0) is 47.8 Å². The molecule has 1 atom stereocenters. The Morgan fingerprint density at radius 1 is 1.00 bits per heavy atom. The van der Waals surface area contributed by atoms with E-state index in [1.54, 1.807) is 0 Å². The summed E-state index contributed by atoms with van der Waals surface area (Å²) < 4.78 is 0. The second-order valence-corrected chi connectivity index (χ2v) is 8.25. The van der Waals surface area contributed by atoms with E-state index >= 15 is 0 Å². The van der Waals surface area contributed by atoms with Crippen molar-refractivity contribution in [2.45, 2.75) is 71.8 Å². The van der Waals surface area contributed by atoms with Gasteiger partial charge in [0.15, 0.2) is 0 Å². The third kappa shape index (κ3) is 4.09. The van der Waals surface area contributed by atoms with Crippen molar-refractivity contribution >= 4 is 0 Å². The maximum atomic E-state index is 3.63. The highest BCUT2D eigenvalue weighted by Crippen LogP contribution is 2.36. The Bertz CT molecular complexity index is 416. The Morgan fingerprint density at radius 2 is 1.65 bits per heavy atom. The molecule has 1 saturated heterocycles. The fraction of sp³-hybridized carbons (Fsp3) is 0.684. The van der Waals surface area contributed by atoms with Crippen LogP contribution in [0.25, 0.3) is 0 Å². The first-order valence-electron chi connectivity index (χ1n) is 8.12. The molecular weight excluding hydrogens is 242 g/mol. The summed E-state index contributed by atoms with van der Waals surface area (Å²) >= 11 is 0. The zero-order valence-corrected chi connectivity index (χ0v) is 13.9. The van der Waals surface area contributed by atoms with Crippen molar-refractivity contribution in [1.29, 1.82) is 0 Å². The zero-order valence-electron chi connectivity index (χ0n) is 13.9. The van der Waals surface area contributed by atoms with E-state index in [1.807, 2.05) is 0 Å². The molecule has 1 heterocycles. The summed E-state index contributed by atoms with van der Waals surface area (Å²) in [6, 6.07) is 9.93. The number of benzene rings is 1. The van der Waals surface area contributed by atoms with Gasteiger partial charge in [-0.15, -0.1) is 0 Å². The fourth-order valence-electron chi connectivity index (χ4n) is 3.73. The second-order valence-electron chi connectivity index (χ2n) is 8.25. The van der Waals surface area contributed by atoms with Crippen molar-refractivity contribution in [3.63, 3.8) is 0 Å². The van der Waals surface area contributed by atoms with Crippen LogP contribution in [0.4, 0.5) is 0 Å². The molecule has 112 valence electrons. The van der Waals surface area contributed by atoms with Crippen LogP contribution in [0.2, 0.25) is 0 Å². The average Bonchev–Trinajstić information content (AvgIpc) is 2.37. The van der Waals surface area contributed by atoms with Crippen molar-refractivity contribution in [2.24, 2.45) is 5.41 Å². The highest BCUT2D eigenvalue weighted by Gasteiger charge is 2.27. The minimum atomic E-state index is 0.247. The van der Waals surface area contributed by atoms with Crippen LogP contribution < -0.4 is 5.32 Å². The van der Waals surface area contributed by atoms with E-state index in [-0.39, 0.29) is 5.41 Å². The van der Waals surface area contributed by atoms with Crippen molar-refractivity contribution < 1.29 is 0 Å². The predicted molar refractivity (Wildman–Crippen MR) is 88.1 cm³/mol. The maximum absolute atomic E-state index is 3.63. The number of piperidine rings is 1. The molecule has 0 aliphatic carbocycles. The van der Waals surface area contributed by atoms with E-state index in [4.69, 9.17) is 0 Å². The van der Waals surface area contributed by atoms with Gasteiger partial charge in [-0.1, -0.05) is 65.3 Å². The average molecular weight is 273 g/mol. The van der Waals surface area contributed by atoms with Gasteiger partial charge in [0.05, 0.1) is 0 Å². The lowest BCUT2D eigenvalue weighted by molar-refractivity contribution is 0.284. The normalized spacial score (nSPS) is 20.9.